The van der Waals surface area contributed by atoms with Crippen molar-refractivity contribution in [3.8, 4) is 0 Å². The van der Waals surface area contributed by atoms with Crippen LogP contribution in [0.25, 0.3) is 0 Å². The van der Waals surface area contributed by atoms with Crippen LogP contribution < -0.4 is 5.73 Å². The normalized spacial score (nSPS) is 15.1. The van der Waals surface area contributed by atoms with E-state index < -0.39 is 0 Å². The molecular weight excluding hydrogens is 264 g/mol. The maximum Gasteiger partial charge on any atom is 0.0740 e. The fraction of sp³-hybridized carbons (Fsp3) is 0.500. The van der Waals surface area contributed by atoms with E-state index in [0.29, 0.717) is 11.0 Å². The molecule has 1 aromatic carbocycles. The van der Waals surface area contributed by atoms with Gasteiger partial charge in [0, 0.05) is 30.6 Å². The van der Waals surface area contributed by atoms with Crippen LogP contribution in [0.2, 0.25) is 5.02 Å². The van der Waals surface area contributed by atoms with E-state index in [2.05, 4.69) is 24.0 Å². The van der Waals surface area contributed by atoms with E-state index in [0.717, 1.165) is 24.5 Å². The molecule has 0 aromatic heterocycles. The molecule has 1 aromatic rings. The molecule has 0 saturated heterocycles. The van der Waals surface area contributed by atoms with E-state index in [1.165, 1.54) is 24.0 Å². The molecule has 0 unspecified atom stereocenters. The first-order valence-electron chi connectivity index (χ1n) is 6.33. The number of nitrogens with zero attached hydrogens (tertiary/aromatic N) is 1. The molecular formula is C14H19ClN2S. The number of benzene rings is 1. The smallest absolute Gasteiger partial charge is 0.0740 e. The first kappa shape index (κ1) is 13.8. The molecule has 1 saturated carbocycles. The number of hydrogen-bond donors (Lipinski definition) is 1. The largest absolute Gasteiger partial charge is 0.393 e. The number of thiocarbonyl (C=S) groups is 1. The summed E-state index contributed by atoms with van der Waals surface area (Å²) in [5, 5.41) is 0.857. The van der Waals surface area contributed by atoms with Crippen molar-refractivity contribution in [2.75, 3.05) is 6.54 Å². The Labute approximate surface area is 119 Å². The van der Waals surface area contributed by atoms with Crippen molar-refractivity contribution < 1.29 is 0 Å². The topological polar surface area (TPSA) is 29.3 Å². The van der Waals surface area contributed by atoms with E-state index in [4.69, 9.17) is 29.6 Å². The molecule has 0 spiro atoms. The molecule has 18 heavy (non-hydrogen) atoms. The van der Waals surface area contributed by atoms with Crippen molar-refractivity contribution in [1.29, 1.82) is 0 Å². The van der Waals surface area contributed by atoms with Crippen molar-refractivity contribution in [3.63, 3.8) is 0 Å². The van der Waals surface area contributed by atoms with Crippen molar-refractivity contribution in [3.05, 3.63) is 34.3 Å². The van der Waals surface area contributed by atoms with Gasteiger partial charge in [-0.05, 0) is 37.0 Å². The molecule has 1 fully saturated rings. The van der Waals surface area contributed by atoms with Crippen LogP contribution in [-0.4, -0.2) is 22.5 Å². The quantitative estimate of drug-likeness (QED) is 0.812. The zero-order chi connectivity index (χ0) is 13.1. The Hall–Kier alpha value is -0.640. The van der Waals surface area contributed by atoms with Crippen LogP contribution in [0.3, 0.4) is 0 Å². The minimum absolute atomic E-state index is 0.593. The summed E-state index contributed by atoms with van der Waals surface area (Å²) >= 11 is 11.2. The summed E-state index contributed by atoms with van der Waals surface area (Å²) in [5.41, 5.74) is 7.97. The average molecular weight is 283 g/mol. The lowest BCUT2D eigenvalue weighted by Crippen LogP contribution is -2.29. The highest BCUT2D eigenvalue weighted by atomic mass is 35.5. The van der Waals surface area contributed by atoms with Crippen LogP contribution in [0.1, 0.15) is 30.4 Å². The van der Waals surface area contributed by atoms with Gasteiger partial charge in [0.05, 0.1) is 4.99 Å². The van der Waals surface area contributed by atoms with Gasteiger partial charge in [0.1, 0.15) is 0 Å². The molecule has 0 amide bonds. The number of rotatable bonds is 6. The van der Waals surface area contributed by atoms with E-state index in [1.54, 1.807) is 0 Å². The SMILES string of the molecule is Cc1ccc(CN(CCC(N)=S)C2CC2)c(Cl)c1. The Balaban J connectivity index is 2.01. The Bertz CT molecular complexity index is 443. The monoisotopic (exact) mass is 282 g/mol. The summed E-state index contributed by atoms with van der Waals surface area (Å²) in [5.74, 6) is 0. The fourth-order valence-corrected chi connectivity index (χ4v) is 2.47. The summed E-state index contributed by atoms with van der Waals surface area (Å²) in [6, 6.07) is 6.94. The van der Waals surface area contributed by atoms with Crippen LogP contribution in [0.15, 0.2) is 18.2 Å². The average Bonchev–Trinajstić information content (AvgIpc) is 3.10. The Morgan fingerprint density at radius 3 is 2.78 bits per heavy atom. The van der Waals surface area contributed by atoms with Gasteiger partial charge in [0.2, 0.25) is 0 Å². The number of nitrogens with two attached hydrogens (primary N) is 1. The molecule has 2 nitrogen and oxygen atoms in total. The standard InChI is InChI=1S/C14H19ClN2S/c1-10-2-3-11(13(15)8-10)9-17(12-4-5-12)7-6-14(16)18/h2-3,8,12H,4-7,9H2,1H3,(H2,16,18). The van der Waals surface area contributed by atoms with Crippen molar-refractivity contribution in [2.24, 2.45) is 5.73 Å². The maximum atomic E-state index is 6.28. The van der Waals surface area contributed by atoms with Crippen LogP contribution >= 0.6 is 23.8 Å². The van der Waals surface area contributed by atoms with Gasteiger partial charge in [-0.1, -0.05) is 36.0 Å². The molecule has 98 valence electrons. The van der Waals surface area contributed by atoms with E-state index >= 15 is 0 Å². The van der Waals surface area contributed by atoms with Gasteiger partial charge >= 0.3 is 0 Å². The van der Waals surface area contributed by atoms with Crippen molar-refractivity contribution >= 4 is 28.8 Å². The number of halogens is 1. The van der Waals surface area contributed by atoms with Gasteiger partial charge in [-0.15, -0.1) is 0 Å². The van der Waals surface area contributed by atoms with Gasteiger partial charge in [-0.25, -0.2) is 0 Å². The molecule has 2 N–H and O–H groups in total. The highest BCUT2D eigenvalue weighted by Gasteiger charge is 2.28. The summed E-state index contributed by atoms with van der Waals surface area (Å²) < 4.78 is 0. The lowest BCUT2D eigenvalue weighted by molar-refractivity contribution is 0.263. The first-order chi connectivity index (χ1) is 8.56. The Morgan fingerprint density at radius 2 is 2.22 bits per heavy atom. The third-order valence-electron chi connectivity index (χ3n) is 3.29. The lowest BCUT2D eigenvalue weighted by Gasteiger charge is -2.22. The lowest BCUT2D eigenvalue weighted by atomic mass is 10.1. The minimum atomic E-state index is 0.593. The fourth-order valence-electron chi connectivity index (χ4n) is 2.08. The third-order valence-corrected chi connectivity index (χ3v) is 3.85. The van der Waals surface area contributed by atoms with E-state index in [-0.39, 0.29) is 0 Å². The molecule has 1 aliphatic rings. The van der Waals surface area contributed by atoms with Crippen molar-refractivity contribution in [1.82, 2.24) is 4.90 Å². The summed E-state index contributed by atoms with van der Waals surface area (Å²) in [4.78, 5) is 3.03. The van der Waals surface area contributed by atoms with Crippen LogP contribution in [-0.2, 0) is 6.54 Å². The van der Waals surface area contributed by atoms with Crippen molar-refractivity contribution in [2.45, 2.75) is 38.8 Å². The van der Waals surface area contributed by atoms with E-state index in [9.17, 15) is 0 Å². The van der Waals surface area contributed by atoms with E-state index in [1.807, 2.05) is 6.07 Å². The van der Waals surface area contributed by atoms with Gasteiger partial charge in [-0.3, -0.25) is 4.90 Å². The Kier molecular flexibility index (Phi) is 4.60. The molecule has 1 aliphatic carbocycles. The van der Waals surface area contributed by atoms with Crippen LogP contribution in [0, 0.1) is 6.92 Å². The summed E-state index contributed by atoms with van der Waals surface area (Å²) in [7, 11) is 0. The Morgan fingerprint density at radius 1 is 1.50 bits per heavy atom. The van der Waals surface area contributed by atoms with Gasteiger partial charge in [-0.2, -0.15) is 0 Å². The molecule has 0 atom stereocenters. The van der Waals surface area contributed by atoms with Crippen LogP contribution in [0.4, 0.5) is 0 Å². The predicted octanol–water partition coefficient (Wildman–Crippen LogP) is 3.29. The third kappa shape index (κ3) is 3.94. The number of aryl methyl sites for hydroxylation is 1. The zero-order valence-electron chi connectivity index (χ0n) is 10.7. The molecule has 0 heterocycles. The second-order valence-corrected chi connectivity index (χ2v) is 5.94. The van der Waals surface area contributed by atoms with Gasteiger partial charge in [0.15, 0.2) is 0 Å². The number of hydrogen-bond acceptors (Lipinski definition) is 2. The second kappa shape index (κ2) is 6.00. The maximum absolute atomic E-state index is 6.28. The zero-order valence-corrected chi connectivity index (χ0v) is 12.2. The van der Waals surface area contributed by atoms with Gasteiger partial charge < -0.3 is 5.73 Å². The highest BCUT2D eigenvalue weighted by molar-refractivity contribution is 7.80. The molecule has 0 bridgehead atoms. The highest BCUT2D eigenvalue weighted by Crippen LogP contribution is 2.30. The minimum Gasteiger partial charge on any atom is -0.393 e. The summed E-state index contributed by atoms with van der Waals surface area (Å²) in [6.07, 6.45) is 3.34. The molecule has 0 radical (unpaired) electrons. The second-order valence-electron chi connectivity index (χ2n) is 5.01. The molecule has 4 heteroatoms. The first-order valence-corrected chi connectivity index (χ1v) is 7.12. The van der Waals surface area contributed by atoms with Gasteiger partial charge in [0.25, 0.3) is 0 Å². The van der Waals surface area contributed by atoms with Crippen LogP contribution in [0.5, 0.6) is 0 Å². The summed E-state index contributed by atoms with van der Waals surface area (Å²) in [6.45, 7) is 3.89. The molecule has 2 rings (SSSR count). The molecule has 0 aliphatic heterocycles. The predicted molar refractivity (Wildman–Crippen MR) is 81.0 cm³/mol.